The first-order valence-corrected chi connectivity index (χ1v) is 11.0. The maximum Gasteiger partial charge on any atom is 0.242 e. The molecule has 0 aliphatic heterocycles. The lowest BCUT2D eigenvalue weighted by atomic mass is 10.1. The number of H-pyrrole nitrogens is 1. The molecule has 16 heteroatoms. The van der Waals surface area contributed by atoms with E-state index >= 15 is 0 Å². The number of aliphatic hydroxyl groups excluding tert-OH is 1. The molecule has 0 saturated heterocycles. The van der Waals surface area contributed by atoms with Crippen molar-refractivity contribution in [1.29, 1.82) is 0 Å². The van der Waals surface area contributed by atoms with Gasteiger partial charge in [0.05, 0.1) is 23.7 Å². The Morgan fingerprint density at radius 3 is 2.59 bits per heavy atom. The first kappa shape index (κ1) is 21.0. The molecule has 2 heterocycles. The molecule has 3 rings (SSSR count). The Labute approximate surface area is 165 Å². The second-order valence-corrected chi connectivity index (χ2v) is 9.01. The Morgan fingerprint density at radius 1 is 1.28 bits per heavy atom. The predicted molar refractivity (Wildman–Crippen MR) is 98.4 cm³/mol. The maximum absolute atomic E-state index is 12.8. The average molecular weight is 443 g/mol. The lowest BCUT2D eigenvalue weighted by molar-refractivity contribution is 0.186. The molecule has 156 valence electrons. The standard InChI is InChI=1S/C13H17N9O5S2/c14-5-8(23)6-17-29(26,27)10-2-1-9(22-4-3-16-7-22)11(12(10)28(15,24)25)13-18-20-21-19-13/h1-4,7-8,17,23H,5-6,14H2,(H2,15,24,25)(H,18,19,20,21)/t8-/m1/s1. The highest BCUT2D eigenvalue weighted by Gasteiger charge is 2.32. The van der Waals surface area contributed by atoms with Gasteiger partial charge in [-0.25, -0.2) is 31.7 Å². The van der Waals surface area contributed by atoms with Crippen molar-refractivity contribution >= 4 is 20.0 Å². The third-order valence-electron chi connectivity index (χ3n) is 3.81. The molecule has 0 radical (unpaired) electrons. The van der Waals surface area contributed by atoms with Crippen LogP contribution < -0.4 is 15.6 Å². The van der Waals surface area contributed by atoms with Gasteiger partial charge in [0.2, 0.25) is 25.9 Å². The van der Waals surface area contributed by atoms with Crippen molar-refractivity contribution in [2.75, 3.05) is 13.1 Å². The van der Waals surface area contributed by atoms with Crippen molar-refractivity contribution < 1.29 is 21.9 Å². The number of tetrazole rings is 1. The number of sulfonamides is 2. The van der Waals surface area contributed by atoms with Crippen molar-refractivity contribution in [2.24, 2.45) is 10.9 Å². The summed E-state index contributed by atoms with van der Waals surface area (Å²) in [6, 6.07) is 2.41. The quantitative estimate of drug-likeness (QED) is 0.242. The van der Waals surface area contributed by atoms with Crippen molar-refractivity contribution in [3.8, 4) is 17.1 Å². The van der Waals surface area contributed by atoms with Gasteiger partial charge in [-0.2, -0.15) is 5.21 Å². The smallest absolute Gasteiger partial charge is 0.242 e. The highest BCUT2D eigenvalue weighted by Crippen LogP contribution is 2.35. The highest BCUT2D eigenvalue weighted by molar-refractivity contribution is 7.92. The van der Waals surface area contributed by atoms with E-state index in [1.807, 2.05) is 0 Å². The van der Waals surface area contributed by atoms with Gasteiger partial charge in [-0.05, 0) is 17.3 Å². The molecule has 29 heavy (non-hydrogen) atoms. The summed E-state index contributed by atoms with van der Waals surface area (Å²) in [5.74, 6) is -0.197. The van der Waals surface area contributed by atoms with Crippen LogP contribution in [0.25, 0.3) is 17.1 Å². The fourth-order valence-corrected chi connectivity index (χ4v) is 5.18. The summed E-state index contributed by atoms with van der Waals surface area (Å²) in [4.78, 5) is 2.51. The van der Waals surface area contributed by atoms with Crippen LogP contribution in [-0.2, 0) is 20.0 Å². The zero-order valence-corrected chi connectivity index (χ0v) is 16.3. The van der Waals surface area contributed by atoms with E-state index in [2.05, 4.69) is 30.3 Å². The van der Waals surface area contributed by atoms with Crippen molar-refractivity contribution in [3.63, 3.8) is 0 Å². The molecular weight excluding hydrogens is 426 g/mol. The molecule has 3 aromatic rings. The van der Waals surface area contributed by atoms with E-state index in [9.17, 15) is 21.9 Å². The van der Waals surface area contributed by atoms with Gasteiger partial charge in [0, 0.05) is 25.5 Å². The van der Waals surface area contributed by atoms with Gasteiger partial charge in [0.15, 0.2) is 0 Å². The summed E-state index contributed by atoms with van der Waals surface area (Å²) in [5, 5.41) is 28.0. The lowest BCUT2D eigenvalue weighted by Crippen LogP contribution is -2.37. The van der Waals surface area contributed by atoms with E-state index in [4.69, 9.17) is 10.9 Å². The topological polar surface area (TPSA) is 225 Å². The van der Waals surface area contributed by atoms with Crippen LogP contribution in [0.4, 0.5) is 0 Å². The molecule has 0 saturated carbocycles. The molecule has 0 bridgehead atoms. The summed E-state index contributed by atoms with van der Waals surface area (Å²) in [5.41, 5.74) is 5.27. The normalized spacial score (nSPS) is 13.5. The van der Waals surface area contributed by atoms with Gasteiger partial charge >= 0.3 is 0 Å². The average Bonchev–Trinajstić information content (AvgIpc) is 3.37. The number of benzene rings is 1. The summed E-state index contributed by atoms with van der Waals surface area (Å²) in [6.45, 7) is -0.623. The van der Waals surface area contributed by atoms with E-state index in [1.54, 1.807) is 0 Å². The van der Waals surface area contributed by atoms with Gasteiger partial charge in [-0.1, -0.05) is 0 Å². The number of nitrogens with one attached hydrogen (secondary N) is 2. The molecular formula is C13H17N9O5S2. The number of hydrogen-bond acceptors (Lipinski definition) is 10. The SMILES string of the molecule is NC[C@@H](O)CNS(=O)(=O)c1ccc(-n2ccnc2)c(-c2nn[nH]n2)c1S(N)(=O)=O. The first-order chi connectivity index (χ1) is 13.6. The fraction of sp³-hybridized carbons (Fsp3) is 0.231. The van der Waals surface area contributed by atoms with Crippen LogP contribution in [0.15, 0.2) is 40.6 Å². The van der Waals surface area contributed by atoms with Crippen LogP contribution >= 0.6 is 0 Å². The molecule has 14 nitrogen and oxygen atoms in total. The number of rotatable bonds is 8. The molecule has 7 N–H and O–H groups in total. The molecule has 0 aliphatic carbocycles. The lowest BCUT2D eigenvalue weighted by Gasteiger charge is -2.17. The number of hydrogen-bond donors (Lipinski definition) is 5. The summed E-state index contributed by atoms with van der Waals surface area (Å²) in [7, 11) is -9.01. The van der Waals surface area contributed by atoms with Gasteiger partial charge in [0.25, 0.3) is 0 Å². The minimum absolute atomic E-state index is 0.193. The number of imidazole rings is 1. The maximum atomic E-state index is 12.8. The minimum atomic E-state index is -4.59. The van der Waals surface area contributed by atoms with Gasteiger partial charge < -0.3 is 15.4 Å². The number of nitrogens with zero attached hydrogens (tertiary/aromatic N) is 5. The summed E-state index contributed by atoms with van der Waals surface area (Å²) in [6.07, 6.45) is 3.16. The largest absolute Gasteiger partial charge is 0.390 e. The highest BCUT2D eigenvalue weighted by atomic mass is 32.2. The van der Waals surface area contributed by atoms with E-state index in [1.165, 1.54) is 29.4 Å². The van der Waals surface area contributed by atoms with Crippen molar-refractivity contribution in [1.82, 2.24) is 34.9 Å². The van der Waals surface area contributed by atoms with Crippen molar-refractivity contribution in [2.45, 2.75) is 15.9 Å². The Balaban J connectivity index is 2.31. The monoisotopic (exact) mass is 443 g/mol. The second-order valence-electron chi connectivity index (χ2n) is 5.78. The van der Waals surface area contributed by atoms with Crippen molar-refractivity contribution in [3.05, 3.63) is 30.9 Å². The first-order valence-electron chi connectivity index (χ1n) is 7.95. The van der Waals surface area contributed by atoms with Crippen LogP contribution in [0.3, 0.4) is 0 Å². The van der Waals surface area contributed by atoms with Gasteiger partial charge in [0.1, 0.15) is 9.79 Å². The zero-order chi connectivity index (χ0) is 21.2. The Kier molecular flexibility index (Phi) is 5.73. The molecule has 1 atom stereocenters. The molecule has 2 aromatic heterocycles. The Hall–Kier alpha value is -2.76. The third kappa shape index (κ3) is 4.31. The molecule has 0 amide bonds. The van der Waals surface area contributed by atoms with Crippen LogP contribution in [0.5, 0.6) is 0 Å². The van der Waals surface area contributed by atoms with E-state index in [0.717, 1.165) is 6.07 Å². The van der Waals surface area contributed by atoms with Crippen LogP contribution in [-0.4, -0.2) is 71.3 Å². The number of aromatic amines is 1. The number of primary sulfonamides is 1. The summed E-state index contributed by atoms with van der Waals surface area (Å²) >= 11 is 0. The number of aliphatic hydroxyl groups is 1. The Bertz CT molecular complexity index is 1190. The molecule has 0 spiro atoms. The van der Waals surface area contributed by atoms with Gasteiger partial charge in [-0.3, -0.25) is 0 Å². The summed E-state index contributed by atoms with van der Waals surface area (Å²) < 4.78 is 54.0. The minimum Gasteiger partial charge on any atom is -0.390 e. The predicted octanol–water partition coefficient (Wildman–Crippen LogP) is -2.70. The molecule has 1 aromatic carbocycles. The van der Waals surface area contributed by atoms with E-state index in [-0.39, 0.29) is 23.6 Å². The van der Waals surface area contributed by atoms with Gasteiger partial charge in [-0.15, -0.1) is 10.2 Å². The van der Waals surface area contributed by atoms with Crippen LogP contribution in [0.1, 0.15) is 0 Å². The van der Waals surface area contributed by atoms with Crippen LogP contribution in [0, 0.1) is 0 Å². The number of nitrogens with two attached hydrogens (primary N) is 2. The molecule has 0 fully saturated rings. The molecule has 0 unspecified atom stereocenters. The van der Waals surface area contributed by atoms with E-state index < -0.39 is 42.5 Å². The zero-order valence-electron chi connectivity index (χ0n) is 14.7. The number of aromatic nitrogens is 6. The fourth-order valence-electron chi connectivity index (χ4n) is 2.51. The third-order valence-corrected chi connectivity index (χ3v) is 6.39. The molecule has 0 aliphatic rings. The second kappa shape index (κ2) is 7.93. The van der Waals surface area contributed by atoms with E-state index in [0.29, 0.717) is 0 Å². The van der Waals surface area contributed by atoms with Crippen LogP contribution in [0.2, 0.25) is 0 Å². The Morgan fingerprint density at radius 2 is 2.03 bits per heavy atom.